The van der Waals surface area contributed by atoms with Gasteiger partial charge in [-0.1, -0.05) is 5.21 Å². The van der Waals surface area contributed by atoms with Crippen molar-refractivity contribution in [2.75, 3.05) is 13.1 Å². The Kier molecular flexibility index (Phi) is 3.87. The lowest BCUT2D eigenvalue weighted by Gasteiger charge is -2.05. The lowest BCUT2D eigenvalue weighted by atomic mass is 10.4. The molecule has 2 N–H and O–H groups in total. The summed E-state index contributed by atoms with van der Waals surface area (Å²) < 4.78 is 1.78. The Labute approximate surface area is 94.4 Å². The first kappa shape index (κ1) is 11.1. The van der Waals surface area contributed by atoms with Gasteiger partial charge in [-0.2, -0.15) is 0 Å². The third-order valence-corrected chi connectivity index (χ3v) is 2.44. The van der Waals surface area contributed by atoms with Crippen molar-refractivity contribution >= 4 is 5.91 Å². The van der Waals surface area contributed by atoms with Crippen molar-refractivity contribution in [3.63, 3.8) is 0 Å². The topological polar surface area (TPSA) is 71.8 Å². The number of hydrogen-bond donors (Lipinski definition) is 2. The maximum absolute atomic E-state index is 11.3. The van der Waals surface area contributed by atoms with Crippen LogP contribution in [0.4, 0.5) is 0 Å². The first-order chi connectivity index (χ1) is 7.84. The number of carbonyl (C=O) groups is 1. The van der Waals surface area contributed by atoms with Crippen molar-refractivity contribution in [3.05, 3.63) is 12.4 Å². The van der Waals surface area contributed by atoms with Gasteiger partial charge in [-0.3, -0.25) is 9.48 Å². The smallest absolute Gasteiger partial charge is 0.234 e. The van der Waals surface area contributed by atoms with Gasteiger partial charge in [-0.25, -0.2) is 0 Å². The highest BCUT2D eigenvalue weighted by Crippen LogP contribution is 2.18. The summed E-state index contributed by atoms with van der Waals surface area (Å²) in [7, 11) is 0. The van der Waals surface area contributed by atoms with Crippen LogP contribution in [0.5, 0.6) is 0 Å². The monoisotopic (exact) mass is 223 g/mol. The summed E-state index contributed by atoms with van der Waals surface area (Å²) in [6.07, 6.45) is 6.71. The zero-order valence-corrected chi connectivity index (χ0v) is 9.22. The van der Waals surface area contributed by atoms with E-state index in [1.54, 1.807) is 10.9 Å². The van der Waals surface area contributed by atoms with Crippen LogP contribution < -0.4 is 10.6 Å². The second-order valence-corrected chi connectivity index (χ2v) is 4.04. The summed E-state index contributed by atoms with van der Waals surface area (Å²) in [5.41, 5.74) is 0. The normalized spacial score (nSPS) is 15.0. The minimum absolute atomic E-state index is 0.100. The van der Waals surface area contributed by atoms with E-state index in [-0.39, 0.29) is 5.91 Å². The van der Waals surface area contributed by atoms with Crippen molar-refractivity contribution in [3.8, 4) is 0 Å². The largest absolute Gasteiger partial charge is 0.352 e. The molecule has 1 aliphatic carbocycles. The van der Waals surface area contributed by atoms with E-state index in [1.165, 1.54) is 0 Å². The lowest BCUT2D eigenvalue weighted by Crippen LogP contribution is -2.35. The maximum atomic E-state index is 11.3. The Morgan fingerprint density at radius 3 is 3.06 bits per heavy atom. The molecule has 16 heavy (non-hydrogen) atoms. The fourth-order valence-corrected chi connectivity index (χ4v) is 1.43. The van der Waals surface area contributed by atoms with E-state index in [4.69, 9.17) is 0 Å². The average molecular weight is 223 g/mol. The molecule has 1 heterocycles. The predicted octanol–water partition coefficient (Wildman–Crippen LogP) is -0.464. The predicted molar refractivity (Wildman–Crippen MR) is 58.7 cm³/mol. The van der Waals surface area contributed by atoms with Gasteiger partial charge in [0.05, 0.1) is 12.7 Å². The van der Waals surface area contributed by atoms with Gasteiger partial charge in [0.15, 0.2) is 0 Å². The van der Waals surface area contributed by atoms with Gasteiger partial charge in [-0.15, -0.1) is 5.10 Å². The van der Waals surface area contributed by atoms with Crippen molar-refractivity contribution < 1.29 is 4.79 Å². The van der Waals surface area contributed by atoms with Crippen LogP contribution in [0.1, 0.15) is 19.3 Å². The standard InChI is InChI=1S/C10H17N5O/c16-10(13-9-2-3-9)8-11-4-1-6-15-7-5-12-14-15/h5,7,9,11H,1-4,6,8H2,(H,13,16). The molecule has 0 aromatic carbocycles. The molecule has 0 bridgehead atoms. The highest BCUT2D eigenvalue weighted by Gasteiger charge is 2.22. The number of nitrogens with zero attached hydrogens (tertiary/aromatic N) is 3. The van der Waals surface area contributed by atoms with Crippen LogP contribution in [-0.2, 0) is 11.3 Å². The third kappa shape index (κ3) is 3.98. The molecule has 6 heteroatoms. The number of rotatable bonds is 7. The van der Waals surface area contributed by atoms with Gasteiger partial charge >= 0.3 is 0 Å². The molecular formula is C10H17N5O. The van der Waals surface area contributed by atoms with Gasteiger partial charge in [-0.05, 0) is 25.8 Å². The van der Waals surface area contributed by atoms with Crippen LogP contribution in [-0.4, -0.2) is 40.0 Å². The highest BCUT2D eigenvalue weighted by atomic mass is 16.2. The van der Waals surface area contributed by atoms with Gasteiger partial charge in [0, 0.05) is 18.8 Å². The number of aromatic nitrogens is 3. The van der Waals surface area contributed by atoms with Crippen LogP contribution in [0.2, 0.25) is 0 Å². The zero-order valence-electron chi connectivity index (χ0n) is 9.22. The Bertz CT molecular complexity index is 320. The Morgan fingerprint density at radius 2 is 2.38 bits per heavy atom. The van der Waals surface area contributed by atoms with Crippen molar-refractivity contribution in [1.82, 2.24) is 25.6 Å². The number of carbonyl (C=O) groups excluding carboxylic acids is 1. The number of hydrogen-bond acceptors (Lipinski definition) is 4. The molecule has 1 amide bonds. The highest BCUT2D eigenvalue weighted by molar-refractivity contribution is 5.78. The summed E-state index contributed by atoms with van der Waals surface area (Å²) in [6.45, 7) is 2.06. The van der Waals surface area contributed by atoms with Crippen LogP contribution in [0.3, 0.4) is 0 Å². The van der Waals surface area contributed by atoms with E-state index in [0.717, 1.165) is 32.4 Å². The molecule has 1 aromatic heterocycles. The molecule has 0 radical (unpaired) electrons. The average Bonchev–Trinajstić information content (AvgIpc) is 2.93. The van der Waals surface area contributed by atoms with E-state index < -0.39 is 0 Å². The van der Waals surface area contributed by atoms with E-state index >= 15 is 0 Å². The van der Waals surface area contributed by atoms with Crippen LogP contribution in [0.15, 0.2) is 12.4 Å². The lowest BCUT2D eigenvalue weighted by molar-refractivity contribution is -0.120. The Balaban J connectivity index is 1.46. The van der Waals surface area contributed by atoms with Crippen LogP contribution >= 0.6 is 0 Å². The molecule has 1 aliphatic rings. The van der Waals surface area contributed by atoms with E-state index in [9.17, 15) is 4.79 Å². The first-order valence-electron chi connectivity index (χ1n) is 5.69. The second kappa shape index (κ2) is 5.60. The molecule has 0 aliphatic heterocycles. The van der Waals surface area contributed by atoms with Gasteiger partial charge in [0.25, 0.3) is 0 Å². The summed E-state index contributed by atoms with van der Waals surface area (Å²) in [5.74, 6) is 0.100. The maximum Gasteiger partial charge on any atom is 0.234 e. The molecule has 0 saturated heterocycles. The van der Waals surface area contributed by atoms with Crippen molar-refractivity contribution in [2.45, 2.75) is 31.8 Å². The van der Waals surface area contributed by atoms with Gasteiger partial charge in [0.2, 0.25) is 5.91 Å². The molecule has 1 aromatic rings. The summed E-state index contributed by atoms with van der Waals surface area (Å²) in [6, 6.07) is 0.449. The molecular weight excluding hydrogens is 206 g/mol. The number of amides is 1. The molecule has 1 fully saturated rings. The molecule has 6 nitrogen and oxygen atoms in total. The molecule has 0 spiro atoms. The minimum Gasteiger partial charge on any atom is -0.352 e. The van der Waals surface area contributed by atoms with Crippen LogP contribution in [0.25, 0.3) is 0 Å². The molecule has 0 unspecified atom stereocenters. The SMILES string of the molecule is O=C(CNCCCn1ccnn1)NC1CC1. The summed E-state index contributed by atoms with van der Waals surface area (Å²) >= 11 is 0. The van der Waals surface area contributed by atoms with E-state index in [1.807, 2.05) is 6.20 Å². The van der Waals surface area contributed by atoms with Crippen molar-refractivity contribution in [2.24, 2.45) is 0 Å². The van der Waals surface area contributed by atoms with Gasteiger partial charge < -0.3 is 10.6 Å². The Hall–Kier alpha value is -1.43. The van der Waals surface area contributed by atoms with Crippen LogP contribution in [0, 0.1) is 0 Å². The fraction of sp³-hybridized carbons (Fsp3) is 0.700. The quantitative estimate of drug-likeness (QED) is 0.613. The number of nitrogens with one attached hydrogen (secondary N) is 2. The summed E-state index contributed by atoms with van der Waals surface area (Å²) in [5, 5.41) is 13.6. The minimum atomic E-state index is 0.100. The van der Waals surface area contributed by atoms with E-state index in [2.05, 4.69) is 20.9 Å². The zero-order chi connectivity index (χ0) is 11.2. The Morgan fingerprint density at radius 1 is 1.50 bits per heavy atom. The summed E-state index contributed by atoms with van der Waals surface area (Å²) in [4.78, 5) is 11.3. The second-order valence-electron chi connectivity index (χ2n) is 4.04. The molecule has 1 saturated carbocycles. The number of aryl methyl sites for hydroxylation is 1. The molecule has 0 atom stereocenters. The van der Waals surface area contributed by atoms with E-state index in [0.29, 0.717) is 12.6 Å². The molecule has 88 valence electrons. The van der Waals surface area contributed by atoms with Gasteiger partial charge in [0.1, 0.15) is 0 Å². The van der Waals surface area contributed by atoms with Crippen molar-refractivity contribution in [1.29, 1.82) is 0 Å². The third-order valence-electron chi connectivity index (χ3n) is 2.44. The first-order valence-corrected chi connectivity index (χ1v) is 5.69. The molecule has 2 rings (SSSR count). The fourth-order valence-electron chi connectivity index (χ4n) is 1.43.